The summed E-state index contributed by atoms with van der Waals surface area (Å²) in [5, 5.41) is 11.7. The first kappa shape index (κ1) is 23.0. The Labute approximate surface area is 213 Å². The minimum atomic E-state index is -0.109. The third kappa shape index (κ3) is 4.94. The third-order valence-electron chi connectivity index (χ3n) is 6.70. The molecule has 2 fully saturated rings. The number of aliphatic hydroxyl groups excluding tert-OH is 1. The molecule has 2 aromatic heterocycles. The summed E-state index contributed by atoms with van der Waals surface area (Å²) in [6, 6.07) is 13.4. The van der Waals surface area contributed by atoms with Crippen LogP contribution < -0.4 is 15.0 Å². The van der Waals surface area contributed by atoms with Crippen LogP contribution in [0.3, 0.4) is 0 Å². The van der Waals surface area contributed by atoms with E-state index < -0.39 is 0 Å². The van der Waals surface area contributed by atoms with Gasteiger partial charge in [-0.2, -0.15) is 0 Å². The van der Waals surface area contributed by atoms with Gasteiger partial charge in [-0.05, 0) is 67.4 Å². The quantitative estimate of drug-likeness (QED) is 0.304. The maximum absolute atomic E-state index is 13.5. The zero-order valence-electron chi connectivity index (χ0n) is 19.9. The lowest BCUT2D eigenvalue weighted by molar-refractivity contribution is 0.257. The van der Waals surface area contributed by atoms with E-state index >= 15 is 0 Å². The molecule has 6 rings (SSSR count). The molecule has 7 heteroatoms. The van der Waals surface area contributed by atoms with Crippen molar-refractivity contribution in [2.75, 3.05) is 13.2 Å². The molecule has 184 valence electrons. The number of rotatable bonds is 10. The van der Waals surface area contributed by atoms with Crippen LogP contribution in [0.2, 0.25) is 0 Å². The van der Waals surface area contributed by atoms with Crippen molar-refractivity contribution in [2.24, 2.45) is 11.8 Å². The van der Waals surface area contributed by atoms with E-state index in [-0.39, 0.29) is 12.2 Å². The number of benzene rings is 2. The fourth-order valence-corrected chi connectivity index (χ4v) is 4.91. The van der Waals surface area contributed by atoms with Gasteiger partial charge in [-0.1, -0.05) is 30.3 Å². The first-order chi connectivity index (χ1) is 17.7. The lowest BCUT2D eigenvalue weighted by Gasteiger charge is -2.13. The minimum absolute atomic E-state index is 0.0944. The summed E-state index contributed by atoms with van der Waals surface area (Å²) in [5.41, 5.74) is 3.42. The summed E-state index contributed by atoms with van der Waals surface area (Å²) in [6.45, 7) is 1.30. The van der Waals surface area contributed by atoms with E-state index in [9.17, 15) is 9.90 Å². The average molecular weight is 501 g/mol. The maximum Gasteiger partial charge on any atom is 0.266 e. The summed E-state index contributed by atoms with van der Waals surface area (Å²) < 4.78 is 13.6. The molecule has 1 N–H and O–H groups in total. The van der Waals surface area contributed by atoms with E-state index in [4.69, 9.17) is 14.5 Å². The van der Waals surface area contributed by atoms with Crippen molar-refractivity contribution in [3.63, 3.8) is 0 Å². The Balaban J connectivity index is 1.37. The molecule has 0 saturated heterocycles. The van der Waals surface area contributed by atoms with Crippen LogP contribution in [-0.4, -0.2) is 27.7 Å². The van der Waals surface area contributed by atoms with Crippen LogP contribution in [0.1, 0.15) is 42.5 Å². The summed E-state index contributed by atoms with van der Waals surface area (Å²) in [4.78, 5) is 18.9. The van der Waals surface area contributed by atoms with Gasteiger partial charge in [-0.15, -0.1) is 11.3 Å². The first-order valence-corrected chi connectivity index (χ1v) is 13.3. The topological polar surface area (TPSA) is 73.1 Å². The molecule has 4 aromatic rings. The van der Waals surface area contributed by atoms with Crippen LogP contribution in [0, 0.1) is 11.8 Å². The van der Waals surface area contributed by atoms with Crippen LogP contribution in [0.25, 0.3) is 28.2 Å². The van der Waals surface area contributed by atoms with Gasteiger partial charge < -0.3 is 14.6 Å². The molecule has 2 heterocycles. The van der Waals surface area contributed by atoms with Crippen molar-refractivity contribution in [3.8, 4) is 22.6 Å². The van der Waals surface area contributed by atoms with E-state index in [2.05, 4.69) is 0 Å². The second kappa shape index (κ2) is 9.91. The molecule has 2 saturated carbocycles. The van der Waals surface area contributed by atoms with Crippen molar-refractivity contribution in [1.29, 1.82) is 0 Å². The lowest BCUT2D eigenvalue weighted by Crippen LogP contribution is -2.17. The molecule has 0 bridgehead atoms. The monoisotopic (exact) mass is 500 g/mol. The van der Waals surface area contributed by atoms with Crippen molar-refractivity contribution in [1.82, 2.24) is 9.38 Å². The Morgan fingerprint density at radius 1 is 1.00 bits per heavy atom. The van der Waals surface area contributed by atoms with Crippen LogP contribution >= 0.6 is 11.3 Å². The minimum Gasteiger partial charge on any atom is -0.493 e. The molecule has 36 heavy (non-hydrogen) atoms. The van der Waals surface area contributed by atoms with Crippen LogP contribution in [-0.2, 0) is 6.61 Å². The molecule has 0 unspecified atom stereocenters. The van der Waals surface area contributed by atoms with Gasteiger partial charge in [-0.3, -0.25) is 9.20 Å². The standard InChI is InChI=1S/C29H28N2O4S/c32-16-23-3-1-2-22(27(23)35-18-20-6-7-20)10-13-25-26(28(33)31-14-15-36-29(31)30-25)21-8-11-24(12-9-21)34-17-19-4-5-19/h1-3,8-15,19-20,32H,4-7,16-18H2. The Hall–Kier alpha value is -3.42. The van der Waals surface area contributed by atoms with Gasteiger partial charge in [0.1, 0.15) is 11.5 Å². The Kier molecular flexibility index (Phi) is 6.34. The molecular formula is C29H28N2O4S. The number of thiazole rings is 1. The number of para-hydroxylation sites is 1. The summed E-state index contributed by atoms with van der Waals surface area (Å²) in [5.74, 6) is 2.78. The zero-order valence-corrected chi connectivity index (χ0v) is 20.7. The van der Waals surface area contributed by atoms with E-state index in [1.165, 1.54) is 37.0 Å². The number of nitrogens with zero attached hydrogens (tertiary/aromatic N) is 2. The number of aromatic nitrogens is 2. The zero-order chi connectivity index (χ0) is 24.5. The smallest absolute Gasteiger partial charge is 0.266 e. The van der Waals surface area contributed by atoms with Gasteiger partial charge >= 0.3 is 0 Å². The Morgan fingerprint density at radius 3 is 2.47 bits per heavy atom. The summed E-state index contributed by atoms with van der Waals surface area (Å²) in [6.07, 6.45) is 10.4. The molecule has 0 radical (unpaired) electrons. The number of hydrogen-bond donors (Lipinski definition) is 1. The molecular weight excluding hydrogens is 472 g/mol. The molecule has 0 amide bonds. The SMILES string of the molecule is O=c1c(-c2ccc(OCC3CC3)cc2)c(C=Cc2cccc(CO)c2OCC2CC2)nc2sccn12. The predicted octanol–water partition coefficient (Wildman–Crippen LogP) is 5.66. The van der Waals surface area contributed by atoms with Gasteiger partial charge in [0.15, 0.2) is 4.96 Å². The maximum atomic E-state index is 13.5. The van der Waals surface area contributed by atoms with E-state index in [0.29, 0.717) is 40.4 Å². The van der Waals surface area contributed by atoms with Gasteiger partial charge in [0.05, 0.1) is 31.1 Å². The van der Waals surface area contributed by atoms with E-state index in [0.717, 1.165) is 29.0 Å². The molecule has 0 aliphatic heterocycles. The number of ether oxygens (including phenoxy) is 2. The molecule has 2 aromatic carbocycles. The molecule has 0 spiro atoms. The molecule has 2 aliphatic rings. The largest absolute Gasteiger partial charge is 0.493 e. The number of aliphatic hydroxyl groups is 1. The number of hydrogen-bond acceptors (Lipinski definition) is 6. The highest BCUT2D eigenvalue weighted by molar-refractivity contribution is 7.15. The summed E-state index contributed by atoms with van der Waals surface area (Å²) in [7, 11) is 0. The molecule has 6 nitrogen and oxygen atoms in total. The van der Waals surface area contributed by atoms with Crippen molar-refractivity contribution < 1.29 is 14.6 Å². The van der Waals surface area contributed by atoms with Gasteiger partial charge in [0.2, 0.25) is 0 Å². The first-order valence-electron chi connectivity index (χ1n) is 12.5. The van der Waals surface area contributed by atoms with E-state index in [1.54, 1.807) is 10.6 Å². The molecule has 0 atom stereocenters. The van der Waals surface area contributed by atoms with E-state index in [1.807, 2.05) is 60.0 Å². The van der Waals surface area contributed by atoms with Crippen molar-refractivity contribution >= 4 is 28.4 Å². The second-order valence-electron chi connectivity index (χ2n) is 9.59. The highest BCUT2D eigenvalue weighted by atomic mass is 32.1. The fourth-order valence-electron chi connectivity index (χ4n) is 4.20. The van der Waals surface area contributed by atoms with Crippen molar-refractivity contribution in [3.05, 3.63) is 81.2 Å². The second-order valence-corrected chi connectivity index (χ2v) is 10.5. The molecule has 2 aliphatic carbocycles. The number of fused-ring (bicyclic) bond motifs is 1. The Bertz CT molecular complexity index is 1460. The normalized spacial score (nSPS) is 15.6. The fraction of sp³-hybridized carbons (Fsp3) is 0.310. The van der Waals surface area contributed by atoms with Crippen LogP contribution in [0.5, 0.6) is 11.5 Å². The van der Waals surface area contributed by atoms with Gasteiger partial charge in [0.25, 0.3) is 5.56 Å². The summed E-state index contributed by atoms with van der Waals surface area (Å²) >= 11 is 1.43. The third-order valence-corrected chi connectivity index (χ3v) is 7.46. The lowest BCUT2D eigenvalue weighted by atomic mass is 10.0. The van der Waals surface area contributed by atoms with Gasteiger partial charge in [-0.25, -0.2) is 4.98 Å². The highest BCUT2D eigenvalue weighted by Gasteiger charge is 2.23. The predicted molar refractivity (Wildman–Crippen MR) is 143 cm³/mol. The van der Waals surface area contributed by atoms with Crippen molar-refractivity contribution in [2.45, 2.75) is 32.3 Å². The highest BCUT2D eigenvalue weighted by Crippen LogP contribution is 2.33. The average Bonchev–Trinajstić information content (AvgIpc) is 3.84. The Morgan fingerprint density at radius 2 is 1.75 bits per heavy atom. The van der Waals surface area contributed by atoms with Crippen LogP contribution in [0.15, 0.2) is 58.8 Å². The van der Waals surface area contributed by atoms with Gasteiger partial charge in [0, 0.05) is 22.7 Å². The van der Waals surface area contributed by atoms with Crippen LogP contribution in [0.4, 0.5) is 0 Å².